The fourth-order valence-electron chi connectivity index (χ4n) is 3.12. The molecule has 2 aromatic carbocycles. The van der Waals surface area contributed by atoms with Gasteiger partial charge in [-0.2, -0.15) is 0 Å². The third kappa shape index (κ3) is 5.57. The molecule has 2 amide bonds. The second-order valence-electron chi connectivity index (χ2n) is 6.52. The number of anilines is 1. The fourth-order valence-corrected chi connectivity index (χ4v) is 3.12. The van der Waals surface area contributed by atoms with Gasteiger partial charge in [-0.1, -0.05) is 30.3 Å². The van der Waals surface area contributed by atoms with Crippen LogP contribution in [0, 0.1) is 0 Å². The average Bonchev–Trinajstić information content (AvgIpc) is 2.70. The van der Waals surface area contributed by atoms with Gasteiger partial charge in [0.1, 0.15) is 11.8 Å². The molecule has 1 N–H and O–H groups in total. The molecule has 0 spiro atoms. The van der Waals surface area contributed by atoms with Crippen molar-refractivity contribution in [2.24, 2.45) is 0 Å². The molecule has 1 atom stereocenters. The van der Waals surface area contributed by atoms with Gasteiger partial charge < -0.3 is 15.0 Å². The molecule has 0 bridgehead atoms. The molecule has 0 heterocycles. The number of carbonyl (C=O) groups excluding carboxylic acids is 2. The van der Waals surface area contributed by atoms with E-state index in [1.54, 1.807) is 48.2 Å². The van der Waals surface area contributed by atoms with Gasteiger partial charge in [0.2, 0.25) is 11.8 Å². The number of likely N-dealkylation sites (N-methyl/N-ethyl adjacent to an activating group) is 2. The summed E-state index contributed by atoms with van der Waals surface area (Å²) >= 11 is 0. The Morgan fingerprint density at radius 2 is 1.61 bits per heavy atom. The second kappa shape index (κ2) is 10.5. The minimum atomic E-state index is -0.511. The maximum Gasteiger partial charge on any atom is 0.244 e. The van der Waals surface area contributed by atoms with Crippen LogP contribution in [0.2, 0.25) is 0 Å². The molecule has 0 radical (unpaired) electrons. The highest BCUT2D eigenvalue weighted by Gasteiger charge is 2.29. The van der Waals surface area contributed by atoms with Crippen molar-refractivity contribution in [1.29, 1.82) is 0 Å². The van der Waals surface area contributed by atoms with Crippen molar-refractivity contribution in [3.05, 3.63) is 60.2 Å². The zero-order valence-electron chi connectivity index (χ0n) is 17.0. The molecule has 2 rings (SSSR count). The van der Waals surface area contributed by atoms with E-state index in [9.17, 15) is 9.59 Å². The zero-order valence-corrected chi connectivity index (χ0v) is 17.0. The molecule has 0 aliphatic rings. The Bertz CT molecular complexity index is 758. The summed E-state index contributed by atoms with van der Waals surface area (Å²) in [6, 6.07) is 16.2. The first-order chi connectivity index (χ1) is 13.5. The molecular formula is C22H29N3O3. The Morgan fingerprint density at radius 1 is 1.00 bits per heavy atom. The lowest BCUT2D eigenvalue weighted by molar-refractivity contribution is -0.137. The van der Waals surface area contributed by atoms with Gasteiger partial charge in [-0.05, 0) is 50.7 Å². The normalized spacial score (nSPS) is 11.8. The summed E-state index contributed by atoms with van der Waals surface area (Å²) in [4.78, 5) is 29.2. The average molecular weight is 383 g/mol. The van der Waals surface area contributed by atoms with Gasteiger partial charge in [-0.3, -0.25) is 14.5 Å². The monoisotopic (exact) mass is 383 g/mol. The molecule has 2 aromatic rings. The Balaban J connectivity index is 2.13. The molecule has 0 aliphatic heterocycles. The Morgan fingerprint density at radius 3 is 2.14 bits per heavy atom. The molecule has 28 heavy (non-hydrogen) atoms. The lowest BCUT2D eigenvalue weighted by Crippen LogP contribution is -2.44. The maximum absolute atomic E-state index is 13.1. The molecule has 0 saturated carbocycles. The molecule has 0 aliphatic carbocycles. The molecular weight excluding hydrogens is 354 g/mol. The van der Waals surface area contributed by atoms with Crippen LogP contribution < -0.4 is 10.1 Å². The van der Waals surface area contributed by atoms with E-state index in [-0.39, 0.29) is 18.4 Å². The summed E-state index contributed by atoms with van der Waals surface area (Å²) in [5.74, 6) is 0.543. The van der Waals surface area contributed by atoms with Crippen LogP contribution in [0.15, 0.2) is 54.6 Å². The van der Waals surface area contributed by atoms with Crippen LogP contribution in [0.4, 0.5) is 5.69 Å². The first kappa shape index (κ1) is 21.4. The van der Waals surface area contributed by atoms with E-state index in [1.807, 2.05) is 44.2 Å². The van der Waals surface area contributed by atoms with E-state index < -0.39 is 6.04 Å². The maximum atomic E-state index is 13.1. The number of carbonyl (C=O) groups is 2. The van der Waals surface area contributed by atoms with Crippen molar-refractivity contribution in [3.63, 3.8) is 0 Å². The lowest BCUT2D eigenvalue weighted by atomic mass is 10.0. The van der Waals surface area contributed by atoms with E-state index in [0.29, 0.717) is 18.8 Å². The van der Waals surface area contributed by atoms with Gasteiger partial charge in [0, 0.05) is 18.8 Å². The SMILES string of the molecule is CCN(CC)C(=O)[C@@H](c1ccccc1)N(C)CC(=O)Nc1ccc(OC)cc1. The predicted molar refractivity (Wildman–Crippen MR) is 111 cm³/mol. The van der Waals surface area contributed by atoms with Crippen LogP contribution in [0.5, 0.6) is 5.75 Å². The minimum absolute atomic E-state index is 0.00375. The number of hydrogen-bond acceptors (Lipinski definition) is 4. The van der Waals surface area contributed by atoms with Crippen LogP contribution in [0.1, 0.15) is 25.5 Å². The summed E-state index contributed by atoms with van der Waals surface area (Å²) in [5.41, 5.74) is 1.56. The molecule has 0 saturated heterocycles. The van der Waals surface area contributed by atoms with E-state index in [4.69, 9.17) is 4.74 Å². The first-order valence-corrected chi connectivity index (χ1v) is 9.48. The Labute approximate surface area is 167 Å². The van der Waals surface area contributed by atoms with Crippen molar-refractivity contribution >= 4 is 17.5 Å². The molecule has 6 heteroatoms. The number of amides is 2. The van der Waals surface area contributed by atoms with E-state index in [2.05, 4.69) is 5.32 Å². The quantitative estimate of drug-likeness (QED) is 0.722. The minimum Gasteiger partial charge on any atom is -0.497 e. The molecule has 6 nitrogen and oxygen atoms in total. The smallest absolute Gasteiger partial charge is 0.244 e. The van der Waals surface area contributed by atoms with E-state index in [0.717, 1.165) is 11.3 Å². The number of nitrogens with zero attached hydrogens (tertiary/aromatic N) is 2. The third-order valence-corrected chi connectivity index (χ3v) is 4.63. The summed E-state index contributed by atoms with van der Waals surface area (Å²) in [6.45, 7) is 5.27. The van der Waals surface area contributed by atoms with Crippen molar-refractivity contribution in [1.82, 2.24) is 9.80 Å². The van der Waals surface area contributed by atoms with Gasteiger partial charge >= 0.3 is 0 Å². The Kier molecular flexibility index (Phi) is 8.02. The van der Waals surface area contributed by atoms with Gasteiger partial charge in [0.25, 0.3) is 0 Å². The molecule has 0 fully saturated rings. The van der Waals surface area contributed by atoms with Gasteiger partial charge in [-0.15, -0.1) is 0 Å². The van der Waals surface area contributed by atoms with Gasteiger partial charge in [0.15, 0.2) is 0 Å². The largest absolute Gasteiger partial charge is 0.497 e. The Hall–Kier alpha value is -2.86. The standard InChI is InChI=1S/C22H29N3O3/c1-5-25(6-2)22(27)21(17-10-8-7-9-11-17)24(3)16-20(26)23-18-12-14-19(28-4)15-13-18/h7-15,21H,5-6,16H2,1-4H3,(H,23,26)/t21-/m1/s1. The van der Waals surface area contributed by atoms with Crippen LogP contribution in [0.3, 0.4) is 0 Å². The van der Waals surface area contributed by atoms with Crippen LogP contribution >= 0.6 is 0 Å². The molecule has 150 valence electrons. The number of benzene rings is 2. The lowest BCUT2D eigenvalue weighted by Gasteiger charge is -2.31. The van der Waals surface area contributed by atoms with Crippen LogP contribution in [0.25, 0.3) is 0 Å². The zero-order chi connectivity index (χ0) is 20.5. The predicted octanol–water partition coefficient (Wildman–Crippen LogP) is 3.18. The highest BCUT2D eigenvalue weighted by molar-refractivity contribution is 5.93. The summed E-state index contributed by atoms with van der Waals surface area (Å²) < 4.78 is 5.13. The summed E-state index contributed by atoms with van der Waals surface area (Å²) in [7, 11) is 3.39. The van der Waals surface area contributed by atoms with Crippen molar-refractivity contribution in [2.45, 2.75) is 19.9 Å². The van der Waals surface area contributed by atoms with E-state index >= 15 is 0 Å². The van der Waals surface area contributed by atoms with Crippen LogP contribution in [-0.2, 0) is 9.59 Å². The number of rotatable bonds is 9. The number of methoxy groups -OCH3 is 1. The first-order valence-electron chi connectivity index (χ1n) is 9.48. The van der Waals surface area contributed by atoms with Crippen molar-refractivity contribution in [2.75, 3.05) is 39.1 Å². The molecule has 0 aromatic heterocycles. The summed E-state index contributed by atoms with van der Waals surface area (Å²) in [5, 5.41) is 2.87. The van der Waals surface area contributed by atoms with E-state index in [1.165, 1.54) is 0 Å². The van der Waals surface area contributed by atoms with Crippen molar-refractivity contribution in [3.8, 4) is 5.75 Å². The summed E-state index contributed by atoms with van der Waals surface area (Å²) in [6.07, 6.45) is 0. The van der Waals surface area contributed by atoms with Crippen molar-refractivity contribution < 1.29 is 14.3 Å². The highest BCUT2D eigenvalue weighted by Crippen LogP contribution is 2.22. The highest BCUT2D eigenvalue weighted by atomic mass is 16.5. The number of hydrogen-bond donors (Lipinski definition) is 1. The van der Waals surface area contributed by atoms with Gasteiger partial charge in [-0.25, -0.2) is 0 Å². The van der Waals surface area contributed by atoms with Gasteiger partial charge in [0.05, 0.1) is 13.7 Å². The van der Waals surface area contributed by atoms with Crippen LogP contribution in [-0.4, -0.2) is 55.4 Å². The topological polar surface area (TPSA) is 61.9 Å². The number of ether oxygens (including phenoxy) is 1. The fraction of sp³-hybridized carbons (Fsp3) is 0.364. The molecule has 0 unspecified atom stereocenters. The number of nitrogens with one attached hydrogen (secondary N) is 1. The second-order valence-corrected chi connectivity index (χ2v) is 6.52. The third-order valence-electron chi connectivity index (χ3n) is 4.63.